The van der Waals surface area contributed by atoms with Gasteiger partial charge in [0.2, 0.25) is 0 Å². The van der Waals surface area contributed by atoms with Crippen LogP contribution in [0.4, 0.5) is 0 Å². The average molecular weight is 192 g/mol. The van der Waals surface area contributed by atoms with E-state index in [1.165, 1.54) is 25.7 Å². The number of hydrogen-bond acceptors (Lipinski definition) is 0. The van der Waals surface area contributed by atoms with Crippen LogP contribution in [-0.4, -0.2) is 0 Å². The summed E-state index contributed by atoms with van der Waals surface area (Å²) in [6.07, 6.45) is 7.56. The van der Waals surface area contributed by atoms with Crippen molar-refractivity contribution in [1.82, 2.24) is 0 Å². The van der Waals surface area contributed by atoms with E-state index in [0.717, 1.165) is 12.8 Å². The van der Waals surface area contributed by atoms with Crippen molar-refractivity contribution in [3.05, 3.63) is 0 Å². The molecule has 1 aliphatic rings. The molecule has 1 aliphatic carbocycles. The second kappa shape index (κ2) is 4.39. The van der Waals surface area contributed by atoms with Crippen LogP contribution in [0.5, 0.6) is 0 Å². The van der Waals surface area contributed by atoms with Crippen LogP contribution >= 0.6 is 0 Å². The zero-order valence-electron chi connectivity index (χ0n) is 10.2. The third kappa shape index (κ3) is 2.77. The van der Waals surface area contributed by atoms with Crippen molar-refractivity contribution in [3.8, 4) is 11.8 Å². The largest absolute Gasteiger partial charge is 0.103 e. The summed E-state index contributed by atoms with van der Waals surface area (Å²) < 4.78 is 0. The summed E-state index contributed by atoms with van der Waals surface area (Å²) in [4.78, 5) is 0. The lowest BCUT2D eigenvalue weighted by Crippen LogP contribution is -2.32. The van der Waals surface area contributed by atoms with Crippen molar-refractivity contribution >= 4 is 0 Å². The Bertz CT molecular complexity index is 233. The molecule has 1 rings (SSSR count). The van der Waals surface area contributed by atoms with Crippen molar-refractivity contribution in [2.45, 2.75) is 66.2 Å². The van der Waals surface area contributed by atoms with Gasteiger partial charge < -0.3 is 0 Å². The molecule has 1 atom stereocenters. The summed E-state index contributed by atoms with van der Waals surface area (Å²) in [6.45, 7) is 9.47. The SMILES string of the molecule is CC(C)(C)C1(C)CC#CCCCCC1. The minimum atomic E-state index is 0.381. The highest BCUT2D eigenvalue weighted by molar-refractivity contribution is 5.05. The summed E-state index contributed by atoms with van der Waals surface area (Å²) in [6, 6.07) is 0. The Morgan fingerprint density at radius 2 is 1.71 bits per heavy atom. The van der Waals surface area contributed by atoms with Gasteiger partial charge in [-0.25, -0.2) is 0 Å². The lowest BCUT2D eigenvalue weighted by molar-refractivity contribution is 0.0988. The molecular formula is C14H24. The average Bonchev–Trinajstić information content (AvgIpc) is 2.16. The monoisotopic (exact) mass is 192 g/mol. The molecule has 14 heavy (non-hydrogen) atoms. The summed E-state index contributed by atoms with van der Waals surface area (Å²) in [5.41, 5.74) is 0.788. The third-order valence-corrected chi connectivity index (χ3v) is 3.94. The highest BCUT2D eigenvalue weighted by Gasteiger charge is 2.36. The van der Waals surface area contributed by atoms with Crippen LogP contribution in [-0.2, 0) is 0 Å². The Kier molecular flexibility index (Phi) is 3.65. The van der Waals surface area contributed by atoms with E-state index in [1.54, 1.807) is 0 Å². The zero-order chi connectivity index (χ0) is 10.7. The van der Waals surface area contributed by atoms with Crippen LogP contribution in [0, 0.1) is 22.7 Å². The van der Waals surface area contributed by atoms with Gasteiger partial charge in [-0.1, -0.05) is 40.5 Å². The Labute approximate surface area is 89.5 Å². The van der Waals surface area contributed by atoms with E-state index in [4.69, 9.17) is 0 Å². The molecule has 0 saturated carbocycles. The first-order valence-electron chi connectivity index (χ1n) is 5.91. The van der Waals surface area contributed by atoms with Gasteiger partial charge in [-0.15, -0.1) is 11.8 Å². The van der Waals surface area contributed by atoms with Gasteiger partial charge in [0.1, 0.15) is 0 Å². The first-order chi connectivity index (χ1) is 6.46. The smallest absolute Gasteiger partial charge is 0.0148 e. The van der Waals surface area contributed by atoms with E-state index in [2.05, 4.69) is 39.5 Å². The lowest BCUT2D eigenvalue weighted by Gasteiger charge is -2.41. The molecule has 0 fully saturated rings. The Balaban J connectivity index is 2.76. The Morgan fingerprint density at radius 3 is 2.36 bits per heavy atom. The molecule has 0 heterocycles. The fourth-order valence-corrected chi connectivity index (χ4v) is 1.98. The molecule has 0 heteroatoms. The predicted octanol–water partition coefficient (Wildman–Crippen LogP) is 4.40. The molecule has 0 aromatic rings. The van der Waals surface area contributed by atoms with Crippen molar-refractivity contribution in [2.24, 2.45) is 10.8 Å². The van der Waals surface area contributed by atoms with Crippen LogP contribution < -0.4 is 0 Å². The molecule has 80 valence electrons. The molecule has 0 saturated heterocycles. The standard InChI is InChI=1S/C14H24/c1-13(2,3)14(4)11-9-7-5-6-8-10-12-14/h5-7,9,11-12H2,1-4H3. The van der Waals surface area contributed by atoms with Gasteiger partial charge in [0.25, 0.3) is 0 Å². The maximum absolute atomic E-state index is 3.37. The van der Waals surface area contributed by atoms with E-state index in [-0.39, 0.29) is 0 Å². The molecule has 0 aromatic carbocycles. The van der Waals surface area contributed by atoms with E-state index in [0.29, 0.717) is 10.8 Å². The summed E-state index contributed by atoms with van der Waals surface area (Å²) >= 11 is 0. The second-order valence-electron chi connectivity index (χ2n) is 5.90. The van der Waals surface area contributed by atoms with Crippen LogP contribution in [0.1, 0.15) is 66.2 Å². The van der Waals surface area contributed by atoms with Crippen LogP contribution in [0.2, 0.25) is 0 Å². The molecule has 0 N–H and O–H groups in total. The number of hydrogen-bond donors (Lipinski definition) is 0. The van der Waals surface area contributed by atoms with Crippen molar-refractivity contribution < 1.29 is 0 Å². The predicted molar refractivity (Wildman–Crippen MR) is 63.0 cm³/mol. The Hall–Kier alpha value is -0.440. The maximum Gasteiger partial charge on any atom is 0.0148 e. The van der Waals surface area contributed by atoms with E-state index in [9.17, 15) is 0 Å². The van der Waals surface area contributed by atoms with E-state index < -0.39 is 0 Å². The second-order valence-corrected chi connectivity index (χ2v) is 5.90. The molecule has 0 nitrogen and oxygen atoms in total. The van der Waals surface area contributed by atoms with Crippen LogP contribution in [0.3, 0.4) is 0 Å². The molecule has 1 unspecified atom stereocenters. The highest BCUT2D eigenvalue weighted by Crippen LogP contribution is 2.45. The first kappa shape index (κ1) is 11.6. The van der Waals surface area contributed by atoms with E-state index >= 15 is 0 Å². The number of rotatable bonds is 0. The summed E-state index contributed by atoms with van der Waals surface area (Å²) in [7, 11) is 0. The van der Waals surface area contributed by atoms with E-state index in [1.807, 2.05) is 0 Å². The quantitative estimate of drug-likeness (QED) is 0.499. The third-order valence-electron chi connectivity index (χ3n) is 3.94. The van der Waals surface area contributed by atoms with Gasteiger partial charge in [0.15, 0.2) is 0 Å². The lowest BCUT2D eigenvalue weighted by atomic mass is 9.63. The highest BCUT2D eigenvalue weighted by atomic mass is 14.4. The van der Waals surface area contributed by atoms with Crippen LogP contribution in [0.15, 0.2) is 0 Å². The normalized spacial score (nSPS) is 29.4. The van der Waals surface area contributed by atoms with Gasteiger partial charge in [-0.05, 0) is 23.7 Å². The van der Waals surface area contributed by atoms with Crippen molar-refractivity contribution in [3.63, 3.8) is 0 Å². The van der Waals surface area contributed by atoms with Gasteiger partial charge in [-0.3, -0.25) is 0 Å². The molecular weight excluding hydrogens is 168 g/mol. The molecule has 0 radical (unpaired) electrons. The minimum Gasteiger partial charge on any atom is -0.103 e. The fraction of sp³-hybridized carbons (Fsp3) is 0.857. The fourth-order valence-electron chi connectivity index (χ4n) is 1.98. The summed E-state index contributed by atoms with van der Waals surface area (Å²) in [5, 5.41) is 0. The molecule has 0 spiro atoms. The maximum atomic E-state index is 3.37. The zero-order valence-corrected chi connectivity index (χ0v) is 10.2. The molecule has 0 aliphatic heterocycles. The van der Waals surface area contributed by atoms with Gasteiger partial charge >= 0.3 is 0 Å². The van der Waals surface area contributed by atoms with Crippen molar-refractivity contribution in [1.29, 1.82) is 0 Å². The minimum absolute atomic E-state index is 0.381. The van der Waals surface area contributed by atoms with Crippen molar-refractivity contribution in [2.75, 3.05) is 0 Å². The topological polar surface area (TPSA) is 0 Å². The van der Waals surface area contributed by atoms with Gasteiger partial charge in [0, 0.05) is 12.8 Å². The molecule has 0 bridgehead atoms. The summed E-state index contributed by atoms with van der Waals surface area (Å²) in [5.74, 6) is 6.68. The molecule has 0 amide bonds. The first-order valence-corrected chi connectivity index (χ1v) is 5.91. The van der Waals surface area contributed by atoms with Crippen LogP contribution in [0.25, 0.3) is 0 Å². The molecule has 0 aromatic heterocycles. The van der Waals surface area contributed by atoms with Gasteiger partial charge in [-0.2, -0.15) is 0 Å². The Morgan fingerprint density at radius 1 is 1.00 bits per heavy atom. The van der Waals surface area contributed by atoms with Gasteiger partial charge in [0.05, 0.1) is 0 Å².